The van der Waals surface area contributed by atoms with Crippen molar-refractivity contribution in [3.05, 3.63) is 81.9 Å². The molecule has 0 spiro atoms. The van der Waals surface area contributed by atoms with Crippen molar-refractivity contribution >= 4 is 47.8 Å². The summed E-state index contributed by atoms with van der Waals surface area (Å²) in [6.45, 7) is 0. The Morgan fingerprint density at radius 1 is 0.889 bits per heavy atom. The summed E-state index contributed by atoms with van der Waals surface area (Å²) in [6, 6.07) is 8.89. The van der Waals surface area contributed by atoms with Gasteiger partial charge in [-0.1, -0.05) is 108 Å². The number of benzene rings is 1. The van der Waals surface area contributed by atoms with E-state index in [1.807, 2.05) is 0 Å². The number of hydrogen-bond acceptors (Lipinski definition) is 0. The molecule has 0 saturated heterocycles. The molecular weight excluding hydrogens is 528 g/mol. The van der Waals surface area contributed by atoms with Crippen LogP contribution in [0.25, 0.3) is 0 Å². The predicted octanol–water partition coefficient (Wildman–Crippen LogP) is 8.25. The van der Waals surface area contributed by atoms with E-state index >= 15 is 0 Å². The van der Waals surface area contributed by atoms with E-state index in [1.165, 1.54) is 35.7 Å². The van der Waals surface area contributed by atoms with Crippen molar-refractivity contribution in [3.8, 4) is 0 Å². The zero-order valence-electron chi connectivity index (χ0n) is 15.3. The summed E-state index contributed by atoms with van der Waals surface area (Å²) in [4.78, 5) is 1.01. The standard InChI is InChI=1S/C24H25Br3/c25-22-7-1-4-16(13-22)19-10-20(17-5-2-8-23(26)14-17)12-21(11-19)18-6-3-9-24(27)15-18/h1-5,7-9,11,13,18-20,23-24H,6,10,12,14-15H2. The van der Waals surface area contributed by atoms with Crippen molar-refractivity contribution in [2.75, 3.05) is 0 Å². The molecular formula is C24H25Br3. The summed E-state index contributed by atoms with van der Waals surface area (Å²) in [5.41, 5.74) is 4.73. The molecule has 3 heteroatoms. The molecule has 0 heterocycles. The van der Waals surface area contributed by atoms with Crippen LogP contribution in [0, 0.1) is 11.8 Å². The average Bonchev–Trinajstić information content (AvgIpc) is 2.68. The van der Waals surface area contributed by atoms with Crippen molar-refractivity contribution in [2.45, 2.75) is 47.7 Å². The molecule has 27 heavy (non-hydrogen) atoms. The fraction of sp³-hybridized carbons (Fsp3) is 0.417. The second-order valence-corrected chi connectivity index (χ2v) is 11.3. The van der Waals surface area contributed by atoms with Gasteiger partial charge in [-0.05, 0) is 61.6 Å². The molecule has 0 aromatic heterocycles. The van der Waals surface area contributed by atoms with Gasteiger partial charge in [0.1, 0.15) is 0 Å². The van der Waals surface area contributed by atoms with Gasteiger partial charge >= 0.3 is 0 Å². The van der Waals surface area contributed by atoms with E-state index in [-0.39, 0.29) is 0 Å². The Bertz CT molecular complexity index is 802. The van der Waals surface area contributed by atoms with E-state index < -0.39 is 0 Å². The second kappa shape index (κ2) is 8.97. The molecule has 5 atom stereocenters. The number of halogens is 3. The molecule has 0 aliphatic heterocycles. The molecule has 142 valence electrons. The molecule has 0 fully saturated rings. The van der Waals surface area contributed by atoms with Crippen LogP contribution in [0.4, 0.5) is 0 Å². The Balaban J connectivity index is 1.65. The molecule has 4 rings (SSSR count). The minimum Gasteiger partial charge on any atom is -0.0868 e. The molecule has 5 unspecified atom stereocenters. The molecule has 0 amide bonds. The lowest BCUT2D eigenvalue weighted by Crippen LogP contribution is -2.23. The van der Waals surface area contributed by atoms with Crippen LogP contribution in [0.2, 0.25) is 0 Å². The maximum Gasteiger partial charge on any atom is 0.0365 e. The molecule has 1 aromatic rings. The van der Waals surface area contributed by atoms with Gasteiger partial charge in [0.05, 0.1) is 0 Å². The maximum atomic E-state index is 3.82. The highest BCUT2D eigenvalue weighted by Crippen LogP contribution is 2.45. The van der Waals surface area contributed by atoms with E-state index in [2.05, 4.69) is 109 Å². The normalized spacial score (nSPS) is 33.5. The highest BCUT2D eigenvalue weighted by Gasteiger charge is 2.31. The Hall–Kier alpha value is -0.380. The van der Waals surface area contributed by atoms with Gasteiger partial charge in [-0.2, -0.15) is 0 Å². The van der Waals surface area contributed by atoms with Crippen LogP contribution in [0.5, 0.6) is 0 Å². The lowest BCUT2D eigenvalue weighted by Gasteiger charge is -2.36. The van der Waals surface area contributed by atoms with Gasteiger partial charge in [0, 0.05) is 20.0 Å². The van der Waals surface area contributed by atoms with Crippen LogP contribution in [-0.4, -0.2) is 9.65 Å². The first-order chi connectivity index (χ1) is 13.1. The third-order valence-corrected chi connectivity index (χ3v) is 7.90. The van der Waals surface area contributed by atoms with Gasteiger partial charge in [-0.15, -0.1) is 0 Å². The molecule has 0 saturated carbocycles. The largest absolute Gasteiger partial charge is 0.0868 e. The fourth-order valence-corrected chi connectivity index (χ4v) is 6.36. The van der Waals surface area contributed by atoms with Gasteiger partial charge in [0.2, 0.25) is 0 Å². The summed E-state index contributed by atoms with van der Waals surface area (Å²) in [5.74, 6) is 1.84. The third-order valence-electron chi connectivity index (χ3n) is 6.10. The van der Waals surface area contributed by atoms with Crippen LogP contribution < -0.4 is 0 Å². The summed E-state index contributed by atoms with van der Waals surface area (Å²) in [5, 5.41) is 0. The van der Waals surface area contributed by atoms with Crippen LogP contribution >= 0.6 is 47.8 Å². The Labute approximate surface area is 188 Å². The minimum atomic E-state index is 0.487. The van der Waals surface area contributed by atoms with Crippen molar-refractivity contribution < 1.29 is 0 Å². The van der Waals surface area contributed by atoms with Crippen molar-refractivity contribution in [3.63, 3.8) is 0 Å². The lowest BCUT2D eigenvalue weighted by atomic mass is 9.70. The number of rotatable bonds is 3. The molecule has 3 aliphatic rings. The fourth-order valence-electron chi connectivity index (χ4n) is 4.73. The SMILES string of the molecule is Brc1cccc(C2C=C(C3CC=CC(Br)C3)CC(C3=CC=CC(Br)C3)C2)c1. The molecule has 0 nitrogen and oxygen atoms in total. The zero-order valence-corrected chi connectivity index (χ0v) is 20.1. The Morgan fingerprint density at radius 3 is 2.56 bits per heavy atom. The summed E-state index contributed by atoms with van der Waals surface area (Å²) >= 11 is 11.3. The summed E-state index contributed by atoms with van der Waals surface area (Å²) < 4.78 is 1.18. The van der Waals surface area contributed by atoms with Gasteiger partial charge < -0.3 is 0 Å². The highest BCUT2D eigenvalue weighted by molar-refractivity contribution is 9.10. The number of hydrogen-bond donors (Lipinski definition) is 0. The third kappa shape index (κ3) is 4.97. The minimum absolute atomic E-state index is 0.487. The maximum absolute atomic E-state index is 3.82. The van der Waals surface area contributed by atoms with Crippen LogP contribution in [-0.2, 0) is 0 Å². The van der Waals surface area contributed by atoms with E-state index in [0.29, 0.717) is 27.4 Å². The van der Waals surface area contributed by atoms with E-state index in [9.17, 15) is 0 Å². The molecule has 1 aromatic carbocycles. The molecule has 0 radical (unpaired) electrons. The van der Waals surface area contributed by atoms with Crippen molar-refractivity contribution in [1.82, 2.24) is 0 Å². The van der Waals surface area contributed by atoms with E-state index in [0.717, 1.165) is 6.42 Å². The predicted molar refractivity (Wildman–Crippen MR) is 127 cm³/mol. The quantitative estimate of drug-likeness (QED) is 0.261. The topological polar surface area (TPSA) is 0 Å². The Morgan fingerprint density at radius 2 is 1.78 bits per heavy atom. The van der Waals surface area contributed by atoms with Gasteiger partial charge in [0.15, 0.2) is 0 Å². The lowest BCUT2D eigenvalue weighted by molar-refractivity contribution is 0.431. The number of allylic oxidation sites excluding steroid dienone is 8. The summed E-state index contributed by atoms with van der Waals surface area (Å²) in [6.07, 6.45) is 20.2. The van der Waals surface area contributed by atoms with Crippen LogP contribution in [0.1, 0.15) is 43.6 Å². The number of alkyl halides is 2. The first kappa shape index (κ1) is 19.9. The van der Waals surface area contributed by atoms with Crippen molar-refractivity contribution in [1.29, 1.82) is 0 Å². The van der Waals surface area contributed by atoms with Crippen LogP contribution in [0.15, 0.2) is 76.3 Å². The van der Waals surface area contributed by atoms with E-state index in [1.54, 1.807) is 11.1 Å². The van der Waals surface area contributed by atoms with Gasteiger partial charge in [0.25, 0.3) is 0 Å². The zero-order chi connectivity index (χ0) is 18.8. The first-order valence-corrected chi connectivity index (χ1v) is 12.5. The van der Waals surface area contributed by atoms with Gasteiger partial charge in [-0.3, -0.25) is 0 Å². The molecule has 0 N–H and O–H groups in total. The monoisotopic (exact) mass is 550 g/mol. The Kier molecular flexibility index (Phi) is 6.61. The second-order valence-electron chi connectivity index (χ2n) is 8.00. The smallest absolute Gasteiger partial charge is 0.0365 e. The first-order valence-electron chi connectivity index (χ1n) is 9.86. The summed E-state index contributed by atoms with van der Waals surface area (Å²) in [7, 11) is 0. The van der Waals surface area contributed by atoms with Crippen LogP contribution in [0.3, 0.4) is 0 Å². The highest BCUT2D eigenvalue weighted by atomic mass is 79.9. The molecule has 3 aliphatic carbocycles. The average molecular weight is 553 g/mol. The van der Waals surface area contributed by atoms with Crippen molar-refractivity contribution in [2.24, 2.45) is 11.8 Å². The molecule has 0 bridgehead atoms. The van der Waals surface area contributed by atoms with Gasteiger partial charge in [-0.25, -0.2) is 0 Å². The van der Waals surface area contributed by atoms with E-state index in [4.69, 9.17) is 0 Å².